The van der Waals surface area contributed by atoms with E-state index in [2.05, 4.69) is 4.98 Å². The quantitative estimate of drug-likeness (QED) is 0.677. The average molecular weight is 311 g/mol. The average Bonchev–Trinajstić information content (AvgIpc) is 2.48. The minimum absolute atomic E-state index is 0.204. The summed E-state index contributed by atoms with van der Waals surface area (Å²) >= 11 is 0. The highest BCUT2D eigenvalue weighted by Crippen LogP contribution is 2.16. The number of aryl methyl sites for hydroxylation is 2. The molecule has 0 unspecified atom stereocenters. The van der Waals surface area contributed by atoms with E-state index in [4.69, 9.17) is 4.74 Å². The molecular formula is C19H21NO3. The van der Waals surface area contributed by atoms with Gasteiger partial charge in [0.2, 0.25) is 0 Å². The van der Waals surface area contributed by atoms with Gasteiger partial charge in [-0.25, -0.2) is 0 Å². The molecule has 0 spiro atoms. The van der Waals surface area contributed by atoms with E-state index >= 15 is 0 Å². The number of ether oxygens (including phenoxy) is 1. The molecule has 0 saturated carbocycles. The summed E-state index contributed by atoms with van der Waals surface area (Å²) in [4.78, 5) is 27.3. The lowest BCUT2D eigenvalue weighted by Gasteiger charge is -2.06. The van der Waals surface area contributed by atoms with Crippen LogP contribution >= 0.6 is 0 Å². The third-order valence-corrected chi connectivity index (χ3v) is 3.52. The normalized spacial score (nSPS) is 11.4. The van der Waals surface area contributed by atoms with E-state index in [1.54, 1.807) is 32.9 Å². The van der Waals surface area contributed by atoms with Gasteiger partial charge in [-0.3, -0.25) is 9.59 Å². The van der Waals surface area contributed by atoms with Gasteiger partial charge < -0.3 is 9.72 Å². The molecule has 1 N–H and O–H groups in total. The number of benzene rings is 1. The Bertz CT molecular complexity index is 798. The van der Waals surface area contributed by atoms with Gasteiger partial charge in [0, 0.05) is 5.69 Å². The van der Waals surface area contributed by atoms with Crippen LogP contribution in [0.15, 0.2) is 40.7 Å². The SMILES string of the molecule is CCOc1ccc(/C=C(\C)C(=O)c2c(C)cc(C)[nH]c2=O)cc1. The highest BCUT2D eigenvalue weighted by Gasteiger charge is 2.15. The molecule has 0 amide bonds. The van der Waals surface area contributed by atoms with Crippen LogP contribution in [0.1, 0.15) is 41.0 Å². The Balaban J connectivity index is 2.31. The Morgan fingerprint density at radius 2 is 1.87 bits per heavy atom. The van der Waals surface area contributed by atoms with Gasteiger partial charge in [0.25, 0.3) is 5.56 Å². The van der Waals surface area contributed by atoms with Crippen molar-refractivity contribution in [1.29, 1.82) is 0 Å². The van der Waals surface area contributed by atoms with E-state index in [0.717, 1.165) is 17.0 Å². The summed E-state index contributed by atoms with van der Waals surface area (Å²) in [6.07, 6.45) is 1.77. The predicted molar refractivity (Wildman–Crippen MR) is 92.1 cm³/mol. The fourth-order valence-corrected chi connectivity index (χ4v) is 2.48. The van der Waals surface area contributed by atoms with Crippen LogP contribution in [0, 0.1) is 13.8 Å². The molecule has 4 nitrogen and oxygen atoms in total. The number of carbonyl (C=O) groups is 1. The number of hydrogen-bond acceptors (Lipinski definition) is 3. The highest BCUT2D eigenvalue weighted by atomic mass is 16.5. The first-order chi connectivity index (χ1) is 10.9. The minimum atomic E-state index is -0.341. The summed E-state index contributed by atoms with van der Waals surface area (Å²) in [7, 11) is 0. The minimum Gasteiger partial charge on any atom is -0.494 e. The number of carbonyl (C=O) groups excluding carboxylic acids is 1. The summed E-state index contributed by atoms with van der Waals surface area (Å²) < 4.78 is 5.39. The van der Waals surface area contributed by atoms with Gasteiger partial charge in [-0.15, -0.1) is 0 Å². The van der Waals surface area contributed by atoms with Crippen molar-refractivity contribution in [3.05, 3.63) is 68.6 Å². The van der Waals surface area contributed by atoms with Gasteiger partial charge in [0.15, 0.2) is 5.78 Å². The monoisotopic (exact) mass is 311 g/mol. The number of pyridine rings is 1. The molecule has 23 heavy (non-hydrogen) atoms. The Hall–Kier alpha value is -2.62. The first-order valence-corrected chi connectivity index (χ1v) is 7.58. The Morgan fingerprint density at radius 1 is 1.22 bits per heavy atom. The van der Waals surface area contributed by atoms with E-state index < -0.39 is 0 Å². The summed E-state index contributed by atoms with van der Waals surface area (Å²) in [5.41, 5.74) is 2.71. The Kier molecular flexibility index (Phi) is 5.16. The van der Waals surface area contributed by atoms with Gasteiger partial charge >= 0.3 is 0 Å². The maximum absolute atomic E-state index is 12.6. The van der Waals surface area contributed by atoms with E-state index in [-0.39, 0.29) is 16.9 Å². The van der Waals surface area contributed by atoms with E-state index in [0.29, 0.717) is 17.7 Å². The fraction of sp³-hybridized carbons (Fsp3) is 0.263. The van der Waals surface area contributed by atoms with Crippen molar-refractivity contribution in [1.82, 2.24) is 4.98 Å². The molecule has 120 valence electrons. The van der Waals surface area contributed by atoms with Crippen LogP contribution < -0.4 is 10.3 Å². The van der Waals surface area contributed by atoms with E-state index in [1.807, 2.05) is 31.2 Å². The summed E-state index contributed by atoms with van der Waals surface area (Å²) in [5, 5.41) is 0. The number of rotatable bonds is 5. The molecule has 0 atom stereocenters. The van der Waals surface area contributed by atoms with Gasteiger partial charge in [-0.05, 0) is 68.7 Å². The topological polar surface area (TPSA) is 59.2 Å². The first kappa shape index (κ1) is 16.7. The number of hydrogen-bond donors (Lipinski definition) is 1. The zero-order chi connectivity index (χ0) is 17.0. The molecule has 2 aromatic rings. The molecule has 0 bridgehead atoms. The van der Waals surface area contributed by atoms with Crippen LogP contribution in [-0.2, 0) is 0 Å². The van der Waals surface area contributed by atoms with Crippen LogP contribution in [0.2, 0.25) is 0 Å². The molecule has 0 saturated heterocycles. The molecule has 0 aliphatic carbocycles. The lowest BCUT2D eigenvalue weighted by Crippen LogP contribution is -2.21. The third-order valence-electron chi connectivity index (χ3n) is 3.52. The maximum Gasteiger partial charge on any atom is 0.259 e. The predicted octanol–water partition coefficient (Wildman–Crippen LogP) is 3.68. The molecule has 1 heterocycles. The van der Waals surface area contributed by atoms with Gasteiger partial charge in [-0.2, -0.15) is 0 Å². The van der Waals surface area contributed by atoms with Crippen molar-refractivity contribution >= 4 is 11.9 Å². The lowest BCUT2D eigenvalue weighted by molar-refractivity contribution is 0.103. The summed E-state index contributed by atoms with van der Waals surface area (Å²) in [6, 6.07) is 9.29. The van der Waals surface area contributed by atoms with Crippen LogP contribution in [0.4, 0.5) is 0 Å². The van der Waals surface area contributed by atoms with Crippen molar-refractivity contribution in [3.63, 3.8) is 0 Å². The standard InChI is InChI=1S/C19H21NO3/c1-5-23-16-8-6-15(7-9-16)11-13(3)18(21)17-12(2)10-14(4)20-19(17)22/h6-11H,5H2,1-4H3,(H,20,22)/b13-11+. The smallest absolute Gasteiger partial charge is 0.259 e. The molecule has 1 aromatic carbocycles. The number of aromatic amines is 1. The van der Waals surface area contributed by atoms with Gasteiger partial charge in [0.05, 0.1) is 12.2 Å². The largest absolute Gasteiger partial charge is 0.494 e. The summed E-state index contributed by atoms with van der Waals surface area (Å²) in [5.74, 6) is 0.539. The molecule has 0 aliphatic heterocycles. The van der Waals surface area contributed by atoms with Crippen molar-refractivity contribution in [2.45, 2.75) is 27.7 Å². The van der Waals surface area contributed by atoms with Gasteiger partial charge in [0.1, 0.15) is 5.75 Å². The fourth-order valence-electron chi connectivity index (χ4n) is 2.48. The highest BCUT2D eigenvalue weighted by molar-refractivity contribution is 6.11. The second kappa shape index (κ2) is 7.09. The van der Waals surface area contributed by atoms with Crippen LogP contribution in [0.5, 0.6) is 5.75 Å². The van der Waals surface area contributed by atoms with E-state index in [9.17, 15) is 9.59 Å². The van der Waals surface area contributed by atoms with E-state index in [1.165, 1.54) is 0 Å². The zero-order valence-electron chi connectivity index (χ0n) is 13.9. The number of nitrogens with one attached hydrogen (secondary N) is 1. The number of aromatic nitrogens is 1. The first-order valence-electron chi connectivity index (χ1n) is 7.58. The molecule has 2 rings (SSSR count). The second-order valence-electron chi connectivity index (χ2n) is 5.50. The van der Waals surface area contributed by atoms with Crippen molar-refractivity contribution in [2.75, 3.05) is 6.61 Å². The van der Waals surface area contributed by atoms with Crippen molar-refractivity contribution in [2.24, 2.45) is 0 Å². The third kappa shape index (κ3) is 3.97. The Morgan fingerprint density at radius 3 is 2.43 bits per heavy atom. The molecular weight excluding hydrogens is 290 g/mol. The number of Topliss-reactive ketones (excluding diaryl/α,β-unsaturated/α-hetero) is 1. The summed E-state index contributed by atoms with van der Waals surface area (Å²) in [6.45, 7) is 7.84. The number of allylic oxidation sites excluding steroid dienone is 1. The van der Waals surface area contributed by atoms with Gasteiger partial charge in [-0.1, -0.05) is 12.1 Å². The number of H-pyrrole nitrogens is 1. The Labute approximate surface area is 135 Å². The molecule has 1 aromatic heterocycles. The van der Waals surface area contributed by atoms with Crippen LogP contribution in [0.25, 0.3) is 6.08 Å². The number of ketones is 1. The molecule has 0 radical (unpaired) electrons. The van der Waals surface area contributed by atoms with Crippen LogP contribution in [0.3, 0.4) is 0 Å². The maximum atomic E-state index is 12.6. The molecule has 0 aliphatic rings. The zero-order valence-corrected chi connectivity index (χ0v) is 13.9. The molecule has 4 heteroatoms. The molecule has 0 fully saturated rings. The lowest BCUT2D eigenvalue weighted by atomic mass is 9.99. The second-order valence-corrected chi connectivity index (χ2v) is 5.50. The van der Waals surface area contributed by atoms with Crippen LogP contribution in [-0.4, -0.2) is 17.4 Å². The van der Waals surface area contributed by atoms with Crippen molar-refractivity contribution in [3.8, 4) is 5.75 Å². The van der Waals surface area contributed by atoms with Crippen molar-refractivity contribution < 1.29 is 9.53 Å².